The number of fused-ring (bicyclic) bond motifs is 2. The SMILES string of the molecule is C#Cc1c(F)ccc2cc(O)cc(N3CCCC(C)C3c3nc(OCC4(CN5CCCC5)CC4)nc4c(F)cncc34)c12. The summed E-state index contributed by atoms with van der Waals surface area (Å²) in [5, 5.41) is 12.4. The van der Waals surface area contributed by atoms with Gasteiger partial charge in [-0.2, -0.15) is 9.97 Å². The standard InChI is InChI=1S/C34H35F2N5O2/c1-3-24-26(35)9-8-22-15-23(42)16-28(29(22)24)41-14-6-7-21(2)32(41)31-25-17-37-18-27(36)30(25)38-33(39-31)43-20-34(10-11-34)19-40-12-4-5-13-40/h1,8-9,15-18,21,32,42H,4-7,10-14,19-20H2,2H3. The summed E-state index contributed by atoms with van der Waals surface area (Å²) in [7, 11) is 0. The average Bonchev–Trinajstić information content (AvgIpc) is 3.57. The minimum atomic E-state index is -0.543. The number of halogens is 2. The number of piperidine rings is 1. The van der Waals surface area contributed by atoms with Gasteiger partial charge in [0.15, 0.2) is 5.82 Å². The fourth-order valence-corrected chi connectivity index (χ4v) is 7.11. The van der Waals surface area contributed by atoms with Crippen LogP contribution in [0.5, 0.6) is 11.8 Å². The molecule has 3 aliphatic rings. The maximum atomic E-state index is 15.3. The van der Waals surface area contributed by atoms with E-state index in [-0.39, 0.29) is 40.2 Å². The highest BCUT2D eigenvalue weighted by Crippen LogP contribution is 2.48. The van der Waals surface area contributed by atoms with Crippen molar-refractivity contribution in [2.24, 2.45) is 11.3 Å². The van der Waals surface area contributed by atoms with Gasteiger partial charge in [0, 0.05) is 41.5 Å². The summed E-state index contributed by atoms with van der Waals surface area (Å²) in [6, 6.07) is 5.95. The number of nitrogens with zero attached hydrogens (tertiary/aromatic N) is 5. The Morgan fingerprint density at radius 1 is 1.07 bits per heavy atom. The van der Waals surface area contributed by atoms with E-state index in [1.165, 1.54) is 18.9 Å². The van der Waals surface area contributed by atoms with Gasteiger partial charge in [-0.1, -0.05) is 18.9 Å². The first-order valence-corrected chi connectivity index (χ1v) is 15.2. The van der Waals surface area contributed by atoms with Crippen LogP contribution in [0.3, 0.4) is 0 Å². The summed E-state index contributed by atoms with van der Waals surface area (Å²) in [6.45, 7) is 6.46. The molecule has 7 nitrogen and oxygen atoms in total. The van der Waals surface area contributed by atoms with Gasteiger partial charge in [-0.3, -0.25) is 4.98 Å². The Kier molecular flexibility index (Phi) is 7.05. The number of terminal acetylenes is 1. The van der Waals surface area contributed by atoms with E-state index in [2.05, 4.69) is 32.6 Å². The fourth-order valence-electron chi connectivity index (χ4n) is 7.11. The third-order valence-corrected chi connectivity index (χ3v) is 9.49. The molecule has 1 N–H and O–H groups in total. The Morgan fingerprint density at radius 3 is 2.65 bits per heavy atom. The lowest BCUT2D eigenvalue weighted by Crippen LogP contribution is -2.39. The fraction of sp³-hybridized carbons (Fsp3) is 0.441. The first-order valence-electron chi connectivity index (χ1n) is 15.2. The van der Waals surface area contributed by atoms with Crippen LogP contribution in [0, 0.1) is 35.3 Å². The molecule has 0 amide bonds. The summed E-state index contributed by atoms with van der Waals surface area (Å²) in [4.78, 5) is 18.2. The number of likely N-dealkylation sites (tertiary alicyclic amines) is 1. The van der Waals surface area contributed by atoms with Crippen molar-refractivity contribution >= 4 is 27.4 Å². The van der Waals surface area contributed by atoms with Gasteiger partial charge >= 0.3 is 6.01 Å². The molecule has 0 radical (unpaired) electrons. The van der Waals surface area contributed by atoms with Crippen molar-refractivity contribution < 1.29 is 18.6 Å². The van der Waals surface area contributed by atoms with E-state index in [0.29, 0.717) is 40.7 Å². The second-order valence-corrected chi connectivity index (χ2v) is 12.6. The van der Waals surface area contributed by atoms with E-state index in [4.69, 9.17) is 16.1 Å². The van der Waals surface area contributed by atoms with Gasteiger partial charge in [0.25, 0.3) is 0 Å². The predicted molar refractivity (Wildman–Crippen MR) is 162 cm³/mol. The molecular formula is C34H35F2N5O2. The molecule has 2 aromatic heterocycles. The number of pyridine rings is 1. The lowest BCUT2D eigenvalue weighted by atomic mass is 9.86. The molecule has 3 fully saturated rings. The van der Waals surface area contributed by atoms with Crippen LogP contribution in [0.15, 0.2) is 36.7 Å². The van der Waals surface area contributed by atoms with Gasteiger partial charge in [0.1, 0.15) is 17.1 Å². The zero-order chi connectivity index (χ0) is 29.7. The van der Waals surface area contributed by atoms with Crippen molar-refractivity contribution in [1.29, 1.82) is 0 Å². The van der Waals surface area contributed by atoms with Crippen molar-refractivity contribution in [1.82, 2.24) is 19.9 Å². The molecule has 43 heavy (non-hydrogen) atoms. The third-order valence-electron chi connectivity index (χ3n) is 9.49. The molecule has 0 spiro atoms. The number of hydrogen-bond donors (Lipinski definition) is 1. The Bertz CT molecular complexity index is 1750. The maximum Gasteiger partial charge on any atom is 0.317 e. The largest absolute Gasteiger partial charge is 0.508 e. The van der Waals surface area contributed by atoms with Crippen molar-refractivity contribution in [3.63, 3.8) is 0 Å². The molecule has 0 bridgehead atoms. The number of ether oxygens (including phenoxy) is 1. The number of benzene rings is 2. The highest BCUT2D eigenvalue weighted by molar-refractivity contribution is 6.00. The van der Waals surface area contributed by atoms with Crippen LogP contribution >= 0.6 is 0 Å². The number of aromatic nitrogens is 3. The second-order valence-electron chi connectivity index (χ2n) is 12.6. The molecule has 2 saturated heterocycles. The average molecular weight is 584 g/mol. The van der Waals surface area contributed by atoms with Crippen LogP contribution in [-0.2, 0) is 0 Å². The lowest BCUT2D eigenvalue weighted by molar-refractivity contribution is 0.169. The molecule has 2 unspecified atom stereocenters. The number of rotatable bonds is 7. The molecule has 1 aliphatic carbocycles. The Balaban J connectivity index is 1.32. The third kappa shape index (κ3) is 5.12. The zero-order valence-electron chi connectivity index (χ0n) is 24.3. The first-order chi connectivity index (χ1) is 20.9. The Hall–Kier alpha value is -4.03. The topological polar surface area (TPSA) is 74.6 Å². The smallest absolute Gasteiger partial charge is 0.317 e. The van der Waals surface area contributed by atoms with Crippen molar-refractivity contribution in [3.05, 3.63) is 59.6 Å². The number of phenolic OH excluding ortho intramolecular Hbond substituents is 1. The van der Waals surface area contributed by atoms with E-state index in [1.54, 1.807) is 24.4 Å². The minimum absolute atomic E-state index is 0.0473. The van der Waals surface area contributed by atoms with E-state index in [0.717, 1.165) is 51.5 Å². The van der Waals surface area contributed by atoms with Gasteiger partial charge in [0.05, 0.1) is 35.8 Å². The van der Waals surface area contributed by atoms with Gasteiger partial charge in [-0.05, 0) is 75.1 Å². The Morgan fingerprint density at radius 2 is 1.88 bits per heavy atom. The molecular weight excluding hydrogens is 548 g/mol. The summed E-state index contributed by atoms with van der Waals surface area (Å²) >= 11 is 0. The van der Waals surface area contributed by atoms with E-state index in [9.17, 15) is 9.50 Å². The zero-order valence-corrected chi connectivity index (χ0v) is 24.3. The molecule has 222 valence electrons. The van der Waals surface area contributed by atoms with Crippen LogP contribution in [0.25, 0.3) is 21.7 Å². The molecule has 2 aliphatic heterocycles. The number of hydrogen-bond acceptors (Lipinski definition) is 7. The lowest BCUT2D eigenvalue weighted by Gasteiger charge is -2.42. The molecule has 4 heterocycles. The van der Waals surface area contributed by atoms with E-state index < -0.39 is 11.6 Å². The Labute approximate surface area is 249 Å². The van der Waals surface area contributed by atoms with E-state index in [1.807, 2.05) is 0 Å². The van der Waals surface area contributed by atoms with Crippen LogP contribution in [-0.4, -0.2) is 57.7 Å². The summed E-state index contributed by atoms with van der Waals surface area (Å²) in [5.74, 6) is 1.60. The quantitative estimate of drug-likeness (QED) is 0.253. The molecule has 2 aromatic carbocycles. The number of aromatic hydroxyl groups is 1. The predicted octanol–water partition coefficient (Wildman–Crippen LogP) is 6.38. The van der Waals surface area contributed by atoms with Gasteiger partial charge in [-0.25, -0.2) is 8.78 Å². The van der Waals surface area contributed by atoms with Gasteiger partial charge < -0.3 is 19.6 Å². The van der Waals surface area contributed by atoms with Crippen molar-refractivity contribution in [2.45, 2.75) is 51.5 Å². The summed E-state index contributed by atoms with van der Waals surface area (Å²) < 4.78 is 36.5. The summed E-state index contributed by atoms with van der Waals surface area (Å²) in [6.07, 6.45) is 15.0. The molecule has 1 saturated carbocycles. The summed E-state index contributed by atoms with van der Waals surface area (Å²) in [5.41, 5.74) is 1.59. The molecule has 7 rings (SSSR count). The van der Waals surface area contributed by atoms with Crippen LogP contribution < -0.4 is 9.64 Å². The van der Waals surface area contributed by atoms with Crippen LogP contribution in [0.4, 0.5) is 14.5 Å². The highest BCUT2D eigenvalue weighted by Gasteiger charge is 2.45. The van der Waals surface area contributed by atoms with Crippen LogP contribution in [0.1, 0.15) is 62.7 Å². The van der Waals surface area contributed by atoms with Gasteiger partial charge in [-0.15, -0.1) is 6.42 Å². The molecule has 9 heteroatoms. The first kappa shape index (κ1) is 27.8. The maximum absolute atomic E-state index is 15.3. The number of anilines is 1. The normalized spacial score (nSPS) is 21.8. The second kappa shape index (κ2) is 10.9. The highest BCUT2D eigenvalue weighted by atomic mass is 19.1. The monoisotopic (exact) mass is 583 g/mol. The van der Waals surface area contributed by atoms with Crippen molar-refractivity contribution in [2.75, 3.05) is 37.7 Å². The van der Waals surface area contributed by atoms with Crippen molar-refractivity contribution in [3.8, 4) is 24.1 Å². The molecule has 4 aromatic rings. The van der Waals surface area contributed by atoms with E-state index >= 15 is 4.39 Å². The van der Waals surface area contributed by atoms with Gasteiger partial charge in [0.2, 0.25) is 0 Å². The van der Waals surface area contributed by atoms with Crippen LogP contribution in [0.2, 0.25) is 0 Å². The minimum Gasteiger partial charge on any atom is -0.508 e. The molecule has 2 atom stereocenters. The number of phenols is 1.